The second-order valence-electron chi connectivity index (χ2n) is 11.2. The molecule has 2 saturated carbocycles. The molecule has 2 aliphatic carbocycles. The Kier molecular flexibility index (Phi) is 9.00. The molecule has 0 bridgehead atoms. The van der Waals surface area contributed by atoms with E-state index < -0.39 is 0 Å². The van der Waals surface area contributed by atoms with Crippen molar-refractivity contribution in [2.75, 3.05) is 18.6 Å². The van der Waals surface area contributed by atoms with E-state index in [4.69, 9.17) is 4.74 Å². The molecule has 2 fully saturated rings. The van der Waals surface area contributed by atoms with E-state index in [1.165, 1.54) is 22.5 Å². The molecule has 0 radical (unpaired) electrons. The number of thiazole rings is 1. The average molecular weight is 549 g/mol. The first kappa shape index (κ1) is 27.8. The van der Waals surface area contributed by atoms with E-state index in [2.05, 4.69) is 36.2 Å². The molecular formula is C32H40N2O4S. The molecule has 3 aromatic rings. The summed E-state index contributed by atoms with van der Waals surface area (Å²) in [4.78, 5) is 21.3. The number of aliphatic hydroxyl groups excluding tert-OH is 2. The summed E-state index contributed by atoms with van der Waals surface area (Å²) in [6, 6.07) is 14.7. The van der Waals surface area contributed by atoms with Crippen LogP contribution in [0.25, 0.3) is 10.4 Å². The first-order valence-electron chi connectivity index (χ1n) is 14.2. The number of anilines is 1. The normalized spacial score (nSPS) is 23.4. The second-order valence-corrected chi connectivity index (χ2v) is 12.3. The van der Waals surface area contributed by atoms with Crippen molar-refractivity contribution in [2.24, 2.45) is 11.8 Å². The van der Waals surface area contributed by atoms with Crippen molar-refractivity contribution >= 4 is 22.9 Å². The number of ether oxygens (including phenoxy) is 1. The maximum Gasteiger partial charge on any atom is 0.230 e. The Hall–Kier alpha value is -2.74. The molecule has 5 rings (SSSR count). The Labute approximate surface area is 235 Å². The standard InChI is InChI=1S/C32H40N2O4S/c1-21-16-25(12-15-29(21)38-2)23-8-6-22(7-9-23)19-34(32(37)24-10-13-28(36)14-11-24)27-5-3-4-26(17-27)30-18-33-31(20-35)39-30/h3-5,12,15-18,22-24,28,35-36H,6-11,13-14,19-20H2,1-2H3. The lowest BCUT2D eigenvalue weighted by Gasteiger charge is -2.36. The predicted molar refractivity (Wildman–Crippen MR) is 156 cm³/mol. The molecule has 2 N–H and O–H groups in total. The monoisotopic (exact) mass is 548 g/mol. The van der Waals surface area contributed by atoms with Crippen molar-refractivity contribution in [1.29, 1.82) is 0 Å². The fraction of sp³-hybridized carbons (Fsp3) is 0.500. The largest absolute Gasteiger partial charge is 0.496 e. The zero-order valence-corrected chi connectivity index (χ0v) is 23.8. The Bertz CT molecular complexity index is 1260. The highest BCUT2D eigenvalue weighted by Crippen LogP contribution is 2.39. The fourth-order valence-electron chi connectivity index (χ4n) is 6.30. The van der Waals surface area contributed by atoms with E-state index >= 15 is 0 Å². The van der Waals surface area contributed by atoms with Crippen LogP contribution in [0, 0.1) is 18.8 Å². The number of aryl methyl sites for hydroxylation is 1. The first-order valence-corrected chi connectivity index (χ1v) is 15.1. The van der Waals surface area contributed by atoms with Gasteiger partial charge in [0.25, 0.3) is 0 Å². The summed E-state index contributed by atoms with van der Waals surface area (Å²) in [5.41, 5.74) is 4.51. The minimum absolute atomic E-state index is 0.0416. The van der Waals surface area contributed by atoms with Crippen molar-refractivity contribution in [3.8, 4) is 16.2 Å². The van der Waals surface area contributed by atoms with E-state index in [0.717, 1.165) is 66.9 Å². The van der Waals surface area contributed by atoms with E-state index in [1.807, 2.05) is 23.1 Å². The lowest BCUT2D eigenvalue weighted by molar-refractivity contribution is -0.124. The average Bonchev–Trinajstić information content (AvgIpc) is 3.46. The smallest absolute Gasteiger partial charge is 0.230 e. The zero-order valence-electron chi connectivity index (χ0n) is 23.0. The van der Waals surface area contributed by atoms with Gasteiger partial charge >= 0.3 is 0 Å². The van der Waals surface area contributed by atoms with Crippen LogP contribution in [0.5, 0.6) is 5.75 Å². The van der Waals surface area contributed by atoms with Gasteiger partial charge in [-0.15, -0.1) is 11.3 Å². The summed E-state index contributed by atoms with van der Waals surface area (Å²) in [6.07, 6.45) is 8.83. The van der Waals surface area contributed by atoms with Gasteiger partial charge in [0, 0.05) is 24.3 Å². The van der Waals surface area contributed by atoms with E-state index in [1.54, 1.807) is 13.3 Å². The number of hydrogen-bond donors (Lipinski definition) is 2. The fourth-order valence-corrected chi connectivity index (χ4v) is 7.08. The van der Waals surface area contributed by atoms with Gasteiger partial charge in [0.2, 0.25) is 5.91 Å². The molecule has 2 aliphatic rings. The molecule has 1 heterocycles. The lowest BCUT2D eigenvalue weighted by Crippen LogP contribution is -2.41. The van der Waals surface area contributed by atoms with Crippen LogP contribution >= 0.6 is 11.3 Å². The third-order valence-corrected chi connectivity index (χ3v) is 9.65. The molecule has 0 atom stereocenters. The van der Waals surface area contributed by atoms with Crippen LogP contribution in [-0.4, -0.2) is 40.9 Å². The summed E-state index contributed by atoms with van der Waals surface area (Å²) in [7, 11) is 1.72. The molecule has 0 aliphatic heterocycles. The Morgan fingerprint density at radius 2 is 1.82 bits per heavy atom. The number of hydrogen-bond acceptors (Lipinski definition) is 6. The number of rotatable bonds is 8. The Balaban J connectivity index is 1.33. The van der Waals surface area contributed by atoms with Crippen molar-refractivity contribution in [2.45, 2.75) is 76.9 Å². The highest BCUT2D eigenvalue weighted by Gasteiger charge is 2.32. The number of carbonyl (C=O) groups excluding carboxylic acids is 1. The molecule has 0 saturated heterocycles. The van der Waals surface area contributed by atoms with Crippen LogP contribution in [-0.2, 0) is 11.4 Å². The quantitative estimate of drug-likeness (QED) is 0.337. The Morgan fingerprint density at radius 3 is 2.49 bits per heavy atom. The molecule has 7 heteroatoms. The maximum absolute atomic E-state index is 14.0. The molecule has 0 spiro atoms. The minimum atomic E-state index is -0.283. The Morgan fingerprint density at radius 1 is 1.05 bits per heavy atom. The van der Waals surface area contributed by atoms with Crippen molar-refractivity contribution in [3.63, 3.8) is 0 Å². The third-order valence-electron chi connectivity index (χ3n) is 8.62. The second kappa shape index (κ2) is 12.6. The molecule has 1 aromatic heterocycles. The van der Waals surface area contributed by atoms with E-state index in [-0.39, 0.29) is 24.5 Å². The molecule has 6 nitrogen and oxygen atoms in total. The zero-order chi connectivity index (χ0) is 27.4. The van der Waals surface area contributed by atoms with Crippen molar-refractivity contribution < 1.29 is 19.7 Å². The van der Waals surface area contributed by atoms with Gasteiger partial charge in [-0.1, -0.05) is 24.3 Å². The van der Waals surface area contributed by atoms with Gasteiger partial charge in [0.1, 0.15) is 10.8 Å². The topological polar surface area (TPSA) is 82.9 Å². The van der Waals surface area contributed by atoms with Gasteiger partial charge in [0.05, 0.1) is 24.7 Å². The van der Waals surface area contributed by atoms with Crippen LogP contribution in [0.1, 0.15) is 73.4 Å². The van der Waals surface area contributed by atoms with Crippen LogP contribution in [0.3, 0.4) is 0 Å². The van der Waals surface area contributed by atoms with Crippen molar-refractivity contribution in [3.05, 3.63) is 64.8 Å². The molecule has 0 unspecified atom stereocenters. The first-order chi connectivity index (χ1) is 18.9. The van der Waals surface area contributed by atoms with Gasteiger partial charge in [-0.05, 0) is 105 Å². The van der Waals surface area contributed by atoms with Gasteiger partial charge in [-0.25, -0.2) is 4.98 Å². The summed E-state index contributed by atoms with van der Waals surface area (Å²) in [5.74, 6) is 2.08. The highest BCUT2D eigenvalue weighted by atomic mass is 32.1. The molecule has 2 aromatic carbocycles. The number of nitrogens with zero attached hydrogens (tertiary/aromatic N) is 2. The third kappa shape index (κ3) is 6.53. The van der Waals surface area contributed by atoms with Gasteiger partial charge in [-0.3, -0.25) is 4.79 Å². The van der Waals surface area contributed by atoms with Crippen molar-refractivity contribution in [1.82, 2.24) is 4.98 Å². The lowest BCUT2D eigenvalue weighted by atomic mass is 9.78. The predicted octanol–water partition coefficient (Wildman–Crippen LogP) is 6.48. The van der Waals surface area contributed by atoms with Crippen LogP contribution in [0.4, 0.5) is 5.69 Å². The molecule has 39 heavy (non-hydrogen) atoms. The van der Waals surface area contributed by atoms with E-state index in [9.17, 15) is 15.0 Å². The summed E-state index contributed by atoms with van der Waals surface area (Å²) < 4.78 is 5.45. The van der Waals surface area contributed by atoms with Crippen LogP contribution < -0.4 is 9.64 Å². The minimum Gasteiger partial charge on any atom is -0.496 e. The van der Waals surface area contributed by atoms with Gasteiger partial charge < -0.3 is 19.8 Å². The number of methoxy groups -OCH3 is 1. The summed E-state index contributed by atoms with van der Waals surface area (Å²) in [6.45, 7) is 2.76. The number of amides is 1. The molecule has 208 valence electrons. The van der Waals surface area contributed by atoms with E-state index in [0.29, 0.717) is 29.7 Å². The SMILES string of the molecule is COc1ccc(C2CCC(CN(C(=O)C3CCC(O)CC3)c3cccc(-c4cnc(CO)s4)c3)CC2)cc1C. The van der Waals surface area contributed by atoms with Gasteiger partial charge in [-0.2, -0.15) is 0 Å². The maximum atomic E-state index is 14.0. The number of aliphatic hydroxyl groups is 2. The summed E-state index contributed by atoms with van der Waals surface area (Å²) in [5, 5.41) is 20.2. The molecule has 1 amide bonds. The molecular weight excluding hydrogens is 508 g/mol. The summed E-state index contributed by atoms with van der Waals surface area (Å²) >= 11 is 1.48. The number of carbonyl (C=O) groups is 1. The van der Waals surface area contributed by atoms with Crippen LogP contribution in [0.2, 0.25) is 0 Å². The number of aromatic nitrogens is 1. The highest BCUT2D eigenvalue weighted by molar-refractivity contribution is 7.15. The number of benzene rings is 2. The van der Waals surface area contributed by atoms with Gasteiger partial charge in [0.15, 0.2) is 0 Å². The van der Waals surface area contributed by atoms with Crippen LogP contribution in [0.15, 0.2) is 48.7 Å².